The lowest BCUT2D eigenvalue weighted by Crippen LogP contribution is -2.08. The second-order valence-corrected chi connectivity index (χ2v) is 8.14. The summed E-state index contributed by atoms with van der Waals surface area (Å²) >= 11 is 0. The highest BCUT2D eigenvalue weighted by molar-refractivity contribution is 5.80. The van der Waals surface area contributed by atoms with E-state index in [1.807, 2.05) is 30.5 Å². The lowest BCUT2D eigenvalue weighted by Gasteiger charge is -2.13. The molecule has 8 heteroatoms. The van der Waals surface area contributed by atoms with Crippen LogP contribution in [0.25, 0.3) is 33.7 Å². The van der Waals surface area contributed by atoms with E-state index in [0.29, 0.717) is 11.7 Å². The van der Waals surface area contributed by atoms with Gasteiger partial charge in [0, 0.05) is 17.7 Å². The number of pyridine rings is 1. The third-order valence-corrected chi connectivity index (χ3v) is 6.04. The second-order valence-electron chi connectivity index (χ2n) is 8.14. The molecule has 0 aliphatic rings. The van der Waals surface area contributed by atoms with E-state index >= 15 is 0 Å². The van der Waals surface area contributed by atoms with E-state index in [1.54, 1.807) is 0 Å². The molecule has 0 bridgehead atoms. The lowest BCUT2D eigenvalue weighted by atomic mass is 9.98. The number of nitrogens with one attached hydrogen (secondary N) is 1. The summed E-state index contributed by atoms with van der Waals surface area (Å²) in [6.45, 7) is 7.26. The number of hydrogen-bond acceptors (Lipinski definition) is 6. The fourth-order valence-electron chi connectivity index (χ4n) is 4.05. The average Bonchev–Trinajstić information content (AvgIpc) is 3.49. The van der Waals surface area contributed by atoms with E-state index in [2.05, 4.69) is 81.3 Å². The van der Waals surface area contributed by atoms with Crippen LogP contribution in [0.3, 0.4) is 0 Å². The van der Waals surface area contributed by atoms with Crippen molar-refractivity contribution >= 4 is 11.2 Å². The van der Waals surface area contributed by atoms with Gasteiger partial charge in [0.1, 0.15) is 11.3 Å². The predicted molar refractivity (Wildman–Crippen MR) is 130 cm³/mol. The van der Waals surface area contributed by atoms with Crippen LogP contribution >= 0.6 is 0 Å². The van der Waals surface area contributed by atoms with Crippen molar-refractivity contribution < 1.29 is 0 Å². The van der Waals surface area contributed by atoms with Crippen LogP contribution in [0.5, 0.6) is 0 Å². The zero-order valence-corrected chi connectivity index (χ0v) is 19.2. The van der Waals surface area contributed by atoms with Crippen molar-refractivity contribution in [2.45, 2.75) is 39.7 Å². The van der Waals surface area contributed by atoms with Crippen molar-refractivity contribution in [3.05, 3.63) is 77.7 Å². The zero-order chi connectivity index (χ0) is 22.1. The molecule has 0 saturated carbocycles. The first-order valence-corrected chi connectivity index (χ1v) is 10.9. The molecule has 0 saturated heterocycles. The molecule has 5 aromatic rings. The third kappa shape index (κ3) is 4.12. The van der Waals surface area contributed by atoms with Crippen LogP contribution in [0.4, 0.5) is 0 Å². The molecule has 3 heterocycles. The Morgan fingerprint density at radius 2 is 1.76 bits per heavy atom. The molecule has 1 unspecified atom stereocenters. The van der Waals surface area contributed by atoms with E-state index in [4.69, 9.17) is 4.98 Å². The van der Waals surface area contributed by atoms with Crippen molar-refractivity contribution in [1.82, 2.24) is 41.3 Å². The van der Waals surface area contributed by atoms with Crippen molar-refractivity contribution in [3.8, 4) is 22.5 Å². The summed E-state index contributed by atoms with van der Waals surface area (Å²) < 4.78 is 2.26. The lowest BCUT2D eigenvalue weighted by molar-refractivity contribution is 0.625. The molecule has 4 N–H and O–H groups in total. The van der Waals surface area contributed by atoms with Crippen LogP contribution < -0.4 is 6.15 Å². The largest absolute Gasteiger partial charge is 0.344 e. The van der Waals surface area contributed by atoms with Gasteiger partial charge in [-0.1, -0.05) is 62.4 Å². The zero-order valence-electron chi connectivity index (χ0n) is 19.2. The Labute approximate surface area is 192 Å². The van der Waals surface area contributed by atoms with E-state index < -0.39 is 0 Å². The molecule has 0 aliphatic heterocycles. The number of aryl methyl sites for hydroxylation is 1. The number of imidazole rings is 1. The van der Waals surface area contributed by atoms with Crippen LogP contribution in [0.2, 0.25) is 0 Å². The van der Waals surface area contributed by atoms with Gasteiger partial charge in [-0.3, -0.25) is 0 Å². The topological polar surface area (TPSA) is 120 Å². The Balaban J connectivity index is 0.00000259. The molecular formula is C25H28N8. The first kappa shape index (κ1) is 22.3. The highest BCUT2D eigenvalue weighted by Crippen LogP contribution is 2.30. The standard InChI is InChI=1S/C25H25N7.H3N/c1-4-16(2)24-27-22-17(3)13-14-26-25(22)32(24)15-18-9-11-19(12-10-18)20-7-5-6-8-21(20)23-28-30-31-29-23;/h5-14,16H,4,15H2,1-3H3,(H,28,29,30,31);1H3. The second kappa shape index (κ2) is 9.30. The molecule has 0 fully saturated rings. The fourth-order valence-corrected chi connectivity index (χ4v) is 4.05. The van der Waals surface area contributed by atoms with E-state index in [0.717, 1.165) is 52.2 Å². The van der Waals surface area contributed by atoms with Gasteiger partial charge in [0.15, 0.2) is 5.65 Å². The van der Waals surface area contributed by atoms with Gasteiger partial charge >= 0.3 is 0 Å². The molecule has 33 heavy (non-hydrogen) atoms. The third-order valence-electron chi connectivity index (χ3n) is 6.04. The predicted octanol–water partition coefficient (Wildman–Crippen LogP) is 5.31. The molecule has 1 atom stereocenters. The van der Waals surface area contributed by atoms with Gasteiger partial charge in [-0.15, -0.1) is 10.2 Å². The van der Waals surface area contributed by atoms with Crippen molar-refractivity contribution in [3.63, 3.8) is 0 Å². The van der Waals surface area contributed by atoms with Crippen LogP contribution in [0.1, 0.15) is 43.1 Å². The van der Waals surface area contributed by atoms with E-state index in [9.17, 15) is 0 Å². The summed E-state index contributed by atoms with van der Waals surface area (Å²) in [5.74, 6) is 2.05. The Kier molecular flexibility index (Phi) is 6.28. The summed E-state index contributed by atoms with van der Waals surface area (Å²) in [5, 5.41) is 14.5. The Morgan fingerprint density at radius 3 is 2.45 bits per heavy atom. The first-order chi connectivity index (χ1) is 15.7. The van der Waals surface area contributed by atoms with Crippen molar-refractivity contribution in [2.24, 2.45) is 0 Å². The summed E-state index contributed by atoms with van der Waals surface area (Å²) in [7, 11) is 0. The maximum atomic E-state index is 4.96. The number of nitrogens with zero attached hydrogens (tertiary/aromatic N) is 6. The van der Waals surface area contributed by atoms with Gasteiger partial charge in [-0.05, 0) is 46.9 Å². The Morgan fingerprint density at radius 1 is 1.00 bits per heavy atom. The molecule has 168 valence electrons. The summed E-state index contributed by atoms with van der Waals surface area (Å²) in [6, 6.07) is 18.8. The van der Waals surface area contributed by atoms with Gasteiger partial charge in [0.2, 0.25) is 5.82 Å². The molecule has 0 spiro atoms. The highest BCUT2D eigenvalue weighted by Gasteiger charge is 2.18. The normalized spacial score (nSPS) is 12.0. The molecule has 5 rings (SSSR count). The smallest absolute Gasteiger partial charge is 0.205 e. The van der Waals surface area contributed by atoms with Crippen LogP contribution in [0, 0.1) is 6.92 Å². The Bertz CT molecular complexity index is 1350. The summed E-state index contributed by atoms with van der Waals surface area (Å²) in [4.78, 5) is 9.62. The number of H-pyrrole nitrogens is 1. The van der Waals surface area contributed by atoms with Gasteiger partial charge in [-0.25, -0.2) is 9.97 Å². The monoisotopic (exact) mass is 440 g/mol. The van der Waals surface area contributed by atoms with Crippen LogP contribution in [-0.2, 0) is 6.54 Å². The number of rotatable bonds is 6. The molecule has 2 aromatic carbocycles. The fraction of sp³-hybridized carbons (Fsp3) is 0.240. The summed E-state index contributed by atoms with van der Waals surface area (Å²) in [5.41, 5.74) is 7.45. The average molecular weight is 441 g/mol. The molecule has 3 aromatic heterocycles. The van der Waals surface area contributed by atoms with Crippen LogP contribution in [-0.4, -0.2) is 35.2 Å². The van der Waals surface area contributed by atoms with Gasteiger partial charge in [-0.2, -0.15) is 5.21 Å². The number of aromatic amines is 1. The minimum absolute atomic E-state index is 0. The minimum atomic E-state index is 0. The van der Waals surface area contributed by atoms with Crippen molar-refractivity contribution in [1.29, 1.82) is 0 Å². The van der Waals surface area contributed by atoms with Crippen LogP contribution in [0.15, 0.2) is 60.8 Å². The SMILES string of the molecule is CCC(C)c1nc2c(C)ccnc2n1Cc1ccc(-c2ccccc2-c2nn[nH]n2)cc1.N. The minimum Gasteiger partial charge on any atom is -0.344 e. The van der Waals surface area contributed by atoms with Crippen molar-refractivity contribution in [2.75, 3.05) is 0 Å². The summed E-state index contributed by atoms with van der Waals surface area (Å²) in [6.07, 6.45) is 2.91. The maximum absolute atomic E-state index is 4.96. The number of benzene rings is 2. The molecule has 0 radical (unpaired) electrons. The first-order valence-electron chi connectivity index (χ1n) is 10.9. The number of tetrazole rings is 1. The molecule has 8 nitrogen and oxygen atoms in total. The highest BCUT2D eigenvalue weighted by atomic mass is 15.5. The molecule has 0 aliphatic carbocycles. The van der Waals surface area contributed by atoms with E-state index in [1.165, 1.54) is 5.56 Å². The molecular weight excluding hydrogens is 412 g/mol. The number of fused-ring (bicyclic) bond motifs is 1. The number of hydrogen-bond donors (Lipinski definition) is 2. The van der Waals surface area contributed by atoms with Gasteiger partial charge < -0.3 is 10.7 Å². The van der Waals surface area contributed by atoms with Gasteiger partial charge in [0.25, 0.3) is 0 Å². The maximum Gasteiger partial charge on any atom is 0.205 e. The quantitative estimate of drug-likeness (QED) is 0.369. The molecule has 0 amide bonds. The Hall–Kier alpha value is -3.91. The number of aromatic nitrogens is 7. The van der Waals surface area contributed by atoms with E-state index in [-0.39, 0.29) is 6.15 Å². The van der Waals surface area contributed by atoms with Gasteiger partial charge in [0.05, 0.1) is 6.54 Å².